The van der Waals surface area contributed by atoms with Gasteiger partial charge in [0.2, 0.25) is 0 Å². The van der Waals surface area contributed by atoms with Crippen LogP contribution in [0.15, 0.2) is 53.9 Å². The minimum Gasteiger partial charge on any atom is -0.465 e. The number of esters is 1. The van der Waals surface area contributed by atoms with Crippen LogP contribution in [0, 0.1) is 6.92 Å². The lowest BCUT2D eigenvalue weighted by atomic mass is 10.1. The molecular weight excluding hydrogens is 336 g/mol. The summed E-state index contributed by atoms with van der Waals surface area (Å²) >= 11 is 1.57. The van der Waals surface area contributed by atoms with Crippen LogP contribution in [0.1, 0.15) is 26.4 Å². The Kier molecular flexibility index (Phi) is 4.90. The van der Waals surface area contributed by atoms with Crippen LogP contribution in [0.25, 0.3) is 10.6 Å². The third-order valence-corrected chi connectivity index (χ3v) is 4.56. The Hall–Kier alpha value is -2.99. The maximum absolute atomic E-state index is 12.4. The van der Waals surface area contributed by atoms with Gasteiger partial charge in [0.25, 0.3) is 5.91 Å². The molecule has 0 aliphatic heterocycles. The fourth-order valence-corrected chi connectivity index (χ4v) is 3.10. The molecule has 0 fully saturated rings. The summed E-state index contributed by atoms with van der Waals surface area (Å²) in [5.41, 5.74) is 3.40. The first kappa shape index (κ1) is 16.9. The maximum Gasteiger partial charge on any atom is 0.337 e. The Balaban J connectivity index is 1.74. The standard InChI is InChI=1S/C19H16N2O3S/c1-12-11-25-18(20-12)14-8-6-13(7-9-14)17(22)21-16-5-3-4-15(10-16)19(23)24-2/h3-11H,1-2H3,(H,21,22). The van der Waals surface area contributed by atoms with Crippen molar-refractivity contribution in [1.82, 2.24) is 4.98 Å². The number of aryl methyl sites for hydroxylation is 1. The van der Waals surface area contributed by atoms with Crippen molar-refractivity contribution < 1.29 is 14.3 Å². The fraction of sp³-hybridized carbons (Fsp3) is 0.105. The molecular formula is C19H16N2O3S. The van der Waals surface area contributed by atoms with E-state index in [1.54, 1.807) is 47.7 Å². The van der Waals surface area contributed by atoms with E-state index in [-0.39, 0.29) is 5.91 Å². The SMILES string of the molecule is COC(=O)c1cccc(NC(=O)c2ccc(-c3nc(C)cs3)cc2)c1. The first-order valence-corrected chi connectivity index (χ1v) is 8.47. The van der Waals surface area contributed by atoms with Gasteiger partial charge in [0.1, 0.15) is 5.01 Å². The summed E-state index contributed by atoms with van der Waals surface area (Å²) in [5.74, 6) is -0.692. The molecule has 2 aromatic carbocycles. The zero-order valence-corrected chi connectivity index (χ0v) is 14.6. The highest BCUT2D eigenvalue weighted by molar-refractivity contribution is 7.13. The van der Waals surface area contributed by atoms with Crippen LogP contribution in [-0.4, -0.2) is 24.0 Å². The van der Waals surface area contributed by atoms with Gasteiger partial charge in [-0.1, -0.05) is 18.2 Å². The molecule has 0 unspecified atom stereocenters. The van der Waals surface area contributed by atoms with Gasteiger partial charge in [0.05, 0.1) is 12.7 Å². The molecule has 5 nitrogen and oxygen atoms in total. The molecule has 1 aromatic heterocycles. The highest BCUT2D eigenvalue weighted by atomic mass is 32.1. The number of rotatable bonds is 4. The lowest BCUT2D eigenvalue weighted by Gasteiger charge is -2.07. The van der Waals surface area contributed by atoms with Crippen LogP contribution in [0.5, 0.6) is 0 Å². The van der Waals surface area contributed by atoms with Gasteiger partial charge in [-0.15, -0.1) is 11.3 Å². The molecule has 3 aromatic rings. The van der Waals surface area contributed by atoms with Gasteiger partial charge >= 0.3 is 5.97 Å². The highest BCUT2D eigenvalue weighted by Gasteiger charge is 2.10. The molecule has 0 aliphatic carbocycles. The second-order valence-electron chi connectivity index (χ2n) is 5.40. The average Bonchev–Trinajstić information content (AvgIpc) is 3.07. The van der Waals surface area contributed by atoms with E-state index in [0.29, 0.717) is 16.8 Å². The first-order valence-electron chi connectivity index (χ1n) is 7.59. The van der Waals surface area contributed by atoms with E-state index < -0.39 is 5.97 Å². The number of hydrogen-bond donors (Lipinski definition) is 1. The summed E-state index contributed by atoms with van der Waals surface area (Å²) in [6.45, 7) is 1.95. The van der Waals surface area contributed by atoms with Crippen LogP contribution >= 0.6 is 11.3 Å². The second-order valence-corrected chi connectivity index (χ2v) is 6.26. The van der Waals surface area contributed by atoms with E-state index in [0.717, 1.165) is 16.3 Å². The van der Waals surface area contributed by atoms with E-state index in [2.05, 4.69) is 15.0 Å². The van der Waals surface area contributed by atoms with E-state index in [4.69, 9.17) is 0 Å². The average molecular weight is 352 g/mol. The van der Waals surface area contributed by atoms with Crippen molar-refractivity contribution in [2.75, 3.05) is 12.4 Å². The Morgan fingerprint density at radius 3 is 2.48 bits per heavy atom. The van der Waals surface area contributed by atoms with Gasteiger partial charge in [0, 0.05) is 27.9 Å². The fourth-order valence-electron chi connectivity index (χ4n) is 2.30. The summed E-state index contributed by atoms with van der Waals surface area (Å²) < 4.78 is 4.68. The van der Waals surface area contributed by atoms with Crippen molar-refractivity contribution in [2.45, 2.75) is 6.92 Å². The summed E-state index contributed by atoms with van der Waals surface area (Å²) in [5, 5.41) is 5.70. The molecule has 0 aliphatic rings. The lowest BCUT2D eigenvalue weighted by molar-refractivity contribution is 0.0600. The quantitative estimate of drug-likeness (QED) is 0.716. The molecule has 3 rings (SSSR count). The minimum absolute atomic E-state index is 0.246. The number of ether oxygens (including phenoxy) is 1. The van der Waals surface area contributed by atoms with Crippen LogP contribution in [0.2, 0.25) is 0 Å². The number of nitrogens with one attached hydrogen (secondary N) is 1. The number of carbonyl (C=O) groups excluding carboxylic acids is 2. The monoisotopic (exact) mass is 352 g/mol. The minimum atomic E-state index is -0.445. The van der Waals surface area contributed by atoms with E-state index in [1.807, 2.05) is 24.4 Å². The molecule has 0 bridgehead atoms. The Morgan fingerprint density at radius 1 is 1.08 bits per heavy atom. The summed E-state index contributed by atoms with van der Waals surface area (Å²) in [6.07, 6.45) is 0. The Labute approximate surface area is 149 Å². The number of aromatic nitrogens is 1. The Morgan fingerprint density at radius 2 is 1.84 bits per heavy atom. The van der Waals surface area contributed by atoms with Gasteiger partial charge in [-0.2, -0.15) is 0 Å². The summed E-state index contributed by atoms with van der Waals surface area (Å²) in [6, 6.07) is 13.9. The largest absolute Gasteiger partial charge is 0.465 e. The van der Waals surface area contributed by atoms with Crippen LogP contribution < -0.4 is 5.32 Å². The topological polar surface area (TPSA) is 68.3 Å². The van der Waals surface area contributed by atoms with Crippen molar-refractivity contribution in [1.29, 1.82) is 0 Å². The van der Waals surface area contributed by atoms with Gasteiger partial charge in [-0.25, -0.2) is 9.78 Å². The molecule has 0 atom stereocenters. The van der Waals surface area contributed by atoms with Gasteiger partial charge < -0.3 is 10.1 Å². The number of anilines is 1. The molecule has 0 spiro atoms. The van der Waals surface area contributed by atoms with Crippen molar-refractivity contribution >= 4 is 28.9 Å². The van der Waals surface area contributed by atoms with Crippen molar-refractivity contribution in [3.63, 3.8) is 0 Å². The van der Waals surface area contributed by atoms with Crippen LogP contribution in [0.3, 0.4) is 0 Å². The van der Waals surface area contributed by atoms with E-state index in [9.17, 15) is 9.59 Å². The van der Waals surface area contributed by atoms with Crippen LogP contribution in [0.4, 0.5) is 5.69 Å². The third kappa shape index (κ3) is 3.92. The van der Waals surface area contributed by atoms with E-state index in [1.165, 1.54) is 7.11 Å². The zero-order chi connectivity index (χ0) is 17.8. The molecule has 1 amide bonds. The number of hydrogen-bond acceptors (Lipinski definition) is 5. The number of thiazole rings is 1. The van der Waals surface area contributed by atoms with E-state index >= 15 is 0 Å². The first-order chi connectivity index (χ1) is 12.1. The van der Waals surface area contributed by atoms with Gasteiger partial charge in [0.15, 0.2) is 0 Å². The van der Waals surface area contributed by atoms with Crippen molar-refractivity contribution in [2.24, 2.45) is 0 Å². The number of nitrogens with zero attached hydrogens (tertiary/aromatic N) is 1. The molecule has 0 saturated carbocycles. The zero-order valence-electron chi connectivity index (χ0n) is 13.8. The molecule has 0 saturated heterocycles. The molecule has 1 N–H and O–H groups in total. The Bertz CT molecular complexity index is 916. The smallest absolute Gasteiger partial charge is 0.337 e. The van der Waals surface area contributed by atoms with Crippen molar-refractivity contribution in [3.05, 3.63) is 70.7 Å². The molecule has 1 heterocycles. The molecule has 6 heteroatoms. The number of amides is 1. The third-order valence-electron chi connectivity index (χ3n) is 3.55. The lowest BCUT2D eigenvalue weighted by Crippen LogP contribution is -2.12. The number of methoxy groups -OCH3 is 1. The number of benzene rings is 2. The molecule has 25 heavy (non-hydrogen) atoms. The maximum atomic E-state index is 12.4. The van der Waals surface area contributed by atoms with Gasteiger partial charge in [-0.05, 0) is 37.3 Å². The normalized spacial score (nSPS) is 10.3. The molecule has 0 radical (unpaired) electrons. The predicted octanol–water partition coefficient (Wildman–Crippen LogP) is 4.16. The highest BCUT2D eigenvalue weighted by Crippen LogP contribution is 2.24. The summed E-state index contributed by atoms with van der Waals surface area (Å²) in [7, 11) is 1.32. The predicted molar refractivity (Wildman–Crippen MR) is 98.0 cm³/mol. The van der Waals surface area contributed by atoms with Crippen molar-refractivity contribution in [3.8, 4) is 10.6 Å². The van der Waals surface area contributed by atoms with Crippen LogP contribution in [-0.2, 0) is 4.74 Å². The van der Waals surface area contributed by atoms with Gasteiger partial charge in [-0.3, -0.25) is 4.79 Å². The summed E-state index contributed by atoms with van der Waals surface area (Å²) in [4.78, 5) is 28.4. The number of carbonyl (C=O) groups is 2. The molecule has 126 valence electrons. The second kappa shape index (κ2) is 7.27.